The molecule has 0 saturated carbocycles. The number of ether oxygens (including phenoxy) is 1. The first-order valence-electron chi connectivity index (χ1n) is 8.82. The van der Waals surface area contributed by atoms with E-state index >= 15 is 0 Å². The van der Waals surface area contributed by atoms with E-state index in [4.69, 9.17) is 9.15 Å². The molecule has 2 fully saturated rings. The zero-order chi connectivity index (χ0) is 18.0. The Bertz CT molecular complexity index is 765. The molecule has 0 unspecified atom stereocenters. The third-order valence-corrected chi connectivity index (χ3v) is 5.83. The number of carbonyl (C=O) groups is 1. The van der Waals surface area contributed by atoms with E-state index in [2.05, 4.69) is 15.5 Å². The van der Waals surface area contributed by atoms with Gasteiger partial charge >= 0.3 is 6.03 Å². The average Bonchev–Trinajstić information content (AvgIpc) is 3.09. The maximum atomic E-state index is 12.7. The second-order valence-corrected chi connectivity index (χ2v) is 7.92. The molecule has 1 spiro atoms. The Morgan fingerprint density at radius 3 is 2.69 bits per heavy atom. The molecule has 2 amide bonds. The molecule has 0 radical (unpaired) electrons. The molecule has 0 atom stereocenters. The average molecular weight is 374 g/mol. The minimum atomic E-state index is -0.152. The first-order chi connectivity index (χ1) is 12.6. The van der Waals surface area contributed by atoms with Crippen LogP contribution in [-0.4, -0.2) is 57.9 Å². The number of nitrogens with zero attached hydrogens (tertiary/aromatic N) is 3. The van der Waals surface area contributed by atoms with Crippen molar-refractivity contribution in [1.82, 2.24) is 15.1 Å². The first-order valence-corrected chi connectivity index (χ1v) is 9.97. The number of morpholine rings is 1. The predicted octanol–water partition coefficient (Wildman–Crippen LogP) is 3.17. The summed E-state index contributed by atoms with van der Waals surface area (Å²) in [6.07, 6.45) is 2.03. The molecule has 1 aromatic heterocycles. The summed E-state index contributed by atoms with van der Waals surface area (Å²) < 4.78 is 11.5. The van der Waals surface area contributed by atoms with Gasteiger partial charge in [0.1, 0.15) is 0 Å². The van der Waals surface area contributed by atoms with Crippen LogP contribution in [0.3, 0.4) is 0 Å². The molecule has 138 valence electrons. The molecule has 1 aromatic carbocycles. The van der Waals surface area contributed by atoms with Gasteiger partial charge in [-0.15, -0.1) is 10.2 Å². The van der Waals surface area contributed by atoms with Gasteiger partial charge in [-0.2, -0.15) is 11.8 Å². The number of hydrogen-bond acceptors (Lipinski definition) is 6. The van der Waals surface area contributed by atoms with Crippen molar-refractivity contribution in [3.05, 3.63) is 30.2 Å². The smallest absolute Gasteiger partial charge is 0.322 e. The normalized spacial score (nSPS) is 19.5. The van der Waals surface area contributed by atoms with Crippen molar-refractivity contribution < 1.29 is 13.9 Å². The third-order valence-electron chi connectivity index (χ3n) is 4.85. The van der Waals surface area contributed by atoms with Gasteiger partial charge in [-0.05, 0) is 48.6 Å². The molecular formula is C18H22N4O3S. The lowest BCUT2D eigenvalue weighted by Gasteiger charge is -2.44. The largest absolute Gasteiger partial charge is 0.421 e. The molecule has 2 saturated heterocycles. The molecule has 26 heavy (non-hydrogen) atoms. The van der Waals surface area contributed by atoms with Crippen LogP contribution in [0.5, 0.6) is 0 Å². The molecule has 0 bridgehead atoms. The van der Waals surface area contributed by atoms with Crippen molar-refractivity contribution in [2.24, 2.45) is 0 Å². The topological polar surface area (TPSA) is 80.5 Å². The summed E-state index contributed by atoms with van der Waals surface area (Å²) in [6.45, 7) is 3.65. The van der Waals surface area contributed by atoms with Gasteiger partial charge in [0.05, 0.1) is 18.8 Å². The minimum Gasteiger partial charge on any atom is -0.421 e. The van der Waals surface area contributed by atoms with E-state index in [9.17, 15) is 4.79 Å². The number of benzene rings is 1. The highest BCUT2D eigenvalue weighted by atomic mass is 32.2. The quantitative estimate of drug-likeness (QED) is 0.870. The number of urea groups is 1. The van der Waals surface area contributed by atoms with Crippen molar-refractivity contribution in [2.45, 2.75) is 25.4 Å². The molecule has 8 heteroatoms. The van der Waals surface area contributed by atoms with E-state index < -0.39 is 0 Å². The molecule has 2 aliphatic rings. The van der Waals surface area contributed by atoms with E-state index in [-0.39, 0.29) is 11.6 Å². The summed E-state index contributed by atoms with van der Waals surface area (Å²) in [7, 11) is 0. The summed E-state index contributed by atoms with van der Waals surface area (Å²) in [5.41, 5.74) is 1.42. The van der Waals surface area contributed by atoms with Crippen LogP contribution >= 0.6 is 11.8 Å². The molecule has 2 aliphatic heterocycles. The van der Waals surface area contributed by atoms with Crippen LogP contribution < -0.4 is 5.32 Å². The van der Waals surface area contributed by atoms with E-state index in [0.717, 1.165) is 35.6 Å². The first kappa shape index (κ1) is 17.4. The van der Waals surface area contributed by atoms with Crippen LogP contribution in [0.15, 0.2) is 28.7 Å². The lowest BCUT2D eigenvalue weighted by atomic mass is 9.94. The number of nitrogens with one attached hydrogen (secondary N) is 1. The standard InChI is InChI=1S/C18H22N4O3S/c1-13-20-21-16(25-13)14-2-4-15(5-3-14)19-17(23)22-8-9-24-18(12-22)6-10-26-11-7-18/h2-5H,6-12H2,1H3,(H,19,23). The van der Waals surface area contributed by atoms with Crippen LogP contribution in [0.1, 0.15) is 18.7 Å². The summed E-state index contributed by atoms with van der Waals surface area (Å²) in [5.74, 6) is 3.21. The highest BCUT2D eigenvalue weighted by Gasteiger charge is 2.39. The van der Waals surface area contributed by atoms with E-state index in [1.165, 1.54) is 0 Å². The maximum absolute atomic E-state index is 12.7. The minimum absolute atomic E-state index is 0.0766. The van der Waals surface area contributed by atoms with E-state index in [0.29, 0.717) is 31.5 Å². The molecule has 7 nitrogen and oxygen atoms in total. The summed E-state index contributed by atoms with van der Waals surface area (Å²) in [5, 5.41) is 10.8. The lowest BCUT2D eigenvalue weighted by Crippen LogP contribution is -2.56. The number of thioether (sulfide) groups is 1. The van der Waals surface area contributed by atoms with Gasteiger partial charge < -0.3 is 19.4 Å². The van der Waals surface area contributed by atoms with Crippen molar-refractivity contribution in [3.63, 3.8) is 0 Å². The third kappa shape index (κ3) is 3.71. The fourth-order valence-corrected chi connectivity index (χ4v) is 4.61. The van der Waals surface area contributed by atoms with Crippen LogP contribution in [-0.2, 0) is 4.74 Å². The SMILES string of the molecule is Cc1nnc(-c2ccc(NC(=O)N3CCOC4(CCSCC4)C3)cc2)o1. The van der Waals surface area contributed by atoms with Crippen LogP contribution in [0.2, 0.25) is 0 Å². The Morgan fingerprint density at radius 2 is 2.00 bits per heavy atom. The number of anilines is 1. The van der Waals surface area contributed by atoms with Gasteiger partial charge in [0.25, 0.3) is 0 Å². The summed E-state index contributed by atoms with van der Waals surface area (Å²) in [6, 6.07) is 7.34. The van der Waals surface area contributed by atoms with Crippen molar-refractivity contribution in [2.75, 3.05) is 36.5 Å². The van der Waals surface area contributed by atoms with Crippen LogP contribution in [0, 0.1) is 6.92 Å². The fraction of sp³-hybridized carbons (Fsp3) is 0.500. The zero-order valence-electron chi connectivity index (χ0n) is 14.7. The second-order valence-electron chi connectivity index (χ2n) is 6.70. The molecule has 2 aromatic rings. The Morgan fingerprint density at radius 1 is 1.23 bits per heavy atom. The van der Waals surface area contributed by atoms with Gasteiger partial charge in [0.2, 0.25) is 11.8 Å². The zero-order valence-corrected chi connectivity index (χ0v) is 15.6. The van der Waals surface area contributed by atoms with Gasteiger partial charge in [0.15, 0.2) is 0 Å². The summed E-state index contributed by atoms with van der Waals surface area (Å²) >= 11 is 1.96. The second kappa shape index (κ2) is 7.28. The maximum Gasteiger partial charge on any atom is 0.322 e. The number of amides is 2. The van der Waals surface area contributed by atoms with E-state index in [1.54, 1.807) is 6.92 Å². The lowest BCUT2D eigenvalue weighted by molar-refractivity contribution is -0.100. The molecule has 3 heterocycles. The molecule has 4 rings (SSSR count). The Labute approximate surface area is 156 Å². The number of aryl methyl sites for hydroxylation is 1. The van der Waals surface area contributed by atoms with Gasteiger partial charge in [0, 0.05) is 24.7 Å². The fourth-order valence-electron chi connectivity index (χ4n) is 3.38. The molecule has 1 N–H and O–H groups in total. The highest BCUT2D eigenvalue weighted by Crippen LogP contribution is 2.33. The van der Waals surface area contributed by atoms with Crippen LogP contribution in [0.25, 0.3) is 11.5 Å². The Hall–Kier alpha value is -2.06. The number of hydrogen-bond donors (Lipinski definition) is 1. The predicted molar refractivity (Wildman–Crippen MR) is 100 cm³/mol. The van der Waals surface area contributed by atoms with Crippen LogP contribution in [0.4, 0.5) is 10.5 Å². The van der Waals surface area contributed by atoms with Crippen molar-refractivity contribution in [3.8, 4) is 11.5 Å². The van der Waals surface area contributed by atoms with Gasteiger partial charge in [-0.3, -0.25) is 0 Å². The number of carbonyl (C=O) groups excluding carboxylic acids is 1. The van der Waals surface area contributed by atoms with Crippen molar-refractivity contribution >= 4 is 23.5 Å². The van der Waals surface area contributed by atoms with E-state index in [1.807, 2.05) is 40.9 Å². The summed E-state index contributed by atoms with van der Waals surface area (Å²) in [4.78, 5) is 14.5. The van der Waals surface area contributed by atoms with Gasteiger partial charge in [-0.1, -0.05) is 0 Å². The van der Waals surface area contributed by atoms with Gasteiger partial charge in [-0.25, -0.2) is 4.79 Å². The molecule has 0 aliphatic carbocycles. The Balaban J connectivity index is 1.39. The number of rotatable bonds is 2. The number of aromatic nitrogens is 2. The van der Waals surface area contributed by atoms with Crippen molar-refractivity contribution in [1.29, 1.82) is 0 Å². The molecular weight excluding hydrogens is 352 g/mol. The Kier molecular flexibility index (Phi) is 4.86. The highest BCUT2D eigenvalue weighted by molar-refractivity contribution is 7.99. The monoisotopic (exact) mass is 374 g/mol.